The summed E-state index contributed by atoms with van der Waals surface area (Å²) >= 11 is 2.21. The Hall–Kier alpha value is -4.09. The maximum Gasteiger partial charge on any atom is 0.261 e. The van der Waals surface area contributed by atoms with E-state index >= 15 is 0 Å². The predicted octanol–water partition coefficient (Wildman–Crippen LogP) is 6.77. The lowest BCUT2D eigenvalue weighted by atomic mass is 10.1. The molecule has 0 aliphatic rings. The van der Waals surface area contributed by atoms with E-state index in [0.29, 0.717) is 19.6 Å². The van der Waals surface area contributed by atoms with E-state index in [4.69, 9.17) is 4.74 Å². The van der Waals surface area contributed by atoms with Crippen LogP contribution >= 0.6 is 22.6 Å². The number of aromatic amines is 1. The summed E-state index contributed by atoms with van der Waals surface area (Å²) in [6, 6.07) is 30.3. The van der Waals surface area contributed by atoms with Crippen molar-refractivity contribution in [3.8, 4) is 11.8 Å². The van der Waals surface area contributed by atoms with Gasteiger partial charge in [0.25, 0.3) is 5.91 Å². The normalized spacial score (nSPS) is 11.4. The topological polar surface area (TPSA) is 77.9 Å². The standard InChI is InChI=1S/C31H24IN3O2/c32-28-17-21(10-12-30(28)37-20-22-9-11-23-5-1-2-6-24(23)16-22)15-26(18-33)31(36)34-14-13-25-19-35-29-8-4-3-7-27(25)29/h1-12,15-17,19,35H,13-14,20H2,(H,34,36)/b26-15-. The minimum atomic E-state index is -0.381. The Morgan fingerprint density at radius 1 is 1.00 bits per heavy atom. The van der Waals surface area contributed by atoms with Crippen LogP contribution in [0.3, 0.4) is 0 Å². The molecule has 182 valence electrons. The van der Waals surface area contributed by atoms with E-state index in [1.807, 2.05) is 60.8 Å². The summed E-state index contributed by atoms with van der Waals surface area (Å²) in [5, 5.41) is 16.0. The molecule has 1 amide bonds. The highest BCUT2D eigenvalue weighted by atomic mass is 127. The zero-order chi connectivity index (χ0) is 25.6. The molecule has 5 aromatic rings. The van der Waals surface area contributed by atoms with Gasteiger partial charge in [-0.15, -0.1) is 0 Å². The van der Waals surface area contributed by atoms with Gasteiger partial charge >= 0.3 is 0 Å². The van der Waals surface area contributed by atoms with Crippen molar-refractivity contribution in [3.63, 3.8) is 0 Å². The fourth-order valence-corrected chi connectivity index (χ4v) is 4.97. The lowest BCUT2D eigenvalue weighted by Crippen LogP contribution is -2.26. The highest BCUT2D eigenvalue weighted by molar-refractivity contribution is 14.1. The number of para-hydroxylation sites is 1. The van der Waals surface area contributed by atoms with E-state index in [1.54, 1.807) is 6.08 Å². The second-order valence-electron chi connectivity index (χ2n) is 8.70. The summed E-state index contributed by atoms with van der Waals surface area (Å²) in [6.07, 6.45) is 4.25. The van der Waals surface area contributed by atoms with Crippen molar-refractivity contribution in [1.82, 2.24) is 10.3 Å². The van der Waals surface area contributed by atoms with Crippen LogP contribution in [-0.4, -0.2) is 17.4 Å². The van der Waals surface area contributed by atoms with Gasteiger partial charge in [0.05, 0.1) is 3.57 Å². The van der Waals surface area contributed by atoms with Crippen LogP contribution in [0.25, 0.3) is 27.8 Å². The molecule has 37 heavy (non-hydrogen) atoms. The van der Waals surface area contributed by atoms with Crippen molar-refractivity contribution in [2.45, 2.75) is 13.0 Å². The molecule has 0 bridgehead atoms. The summed E-state index contributed by atoms with van der Waals surface area (Å²) in [5.41, 5.74) is 4.13. The van der Waals surface area contributed by atoms with Gasteiger partial charge in [-0.3, -0.25) is 4.79 Å². The third-order valence-corrected chi connectivity index (χ3v) is 7.04. The zero-order valence-electron chi connectivity index (χ0n) is 20.0. The molecular weight excluding hydrogens is 573 g/mol. The lowest BCUT2D eigenvalue weighted by molar-refractivity contribution is -0.117. The molecule has 1 heterocycles. The van der Waals surface area contributed by atoms with Gasteiger partial charge in [-0.05, 0) is 86.8 Å². The Morgan fingerprint density at radius 2 is 1.81 bits per heavy atom. The van der Waals surface area contributed by atoms with Crippen LogP contribution in [0.1, 0.15) is 16.7 Å². The van der Waals surface area contributed by atoms with E-state index in [9.17, 15) is 10.1 Å². The number of hydrogen-bond acceptors (Lipinski definition) is 3. The molecule has 1 aromatic heterocycles. The number of rotatable bonds is 8. The summed E-state index contributed by atoms with van der Waals surface area (Å²) in [6.45, 7) is 0.900. The number of halogens is 1. The average Bonchev–Trinajstić information content (AvgIpc) is 3.34. The van der Waals surface area contributed by atoms with Crippen molar-refractivity contribution in [1.29, 1.82) is 5.26 Å². The first-order valence-electron chi connectivity index (χ1n) is 12.0. The maximum atomic E-state index is 12.6. The molecule has 4 aromatic carbocycles. The van der Waals surface area contributed by atoms with Crippen molar-refractivity contribution in [2.75, 3.05) is 6.54 Å². The van der Waals surface area contributed by atoms with Crippen LogP contribution in [0.5, 0.6) is 5.75 Å². The number of hydrogen-bond donors (Lipinski definition) is 2. The van der Waals surface area contributed by atoms with Crippen molar-refractivity contribution in [2.24, 2.45) is 0 Å². The Kier molecular flexibility index (Phi) is 7.52. The first-order chi connectivity index (χ1) is 18.1. The fraction of sp³-hybridized carbons (Fsp3) is 0.0968. The van der Waals surface area contributed by atoms with Crippen LogP contribution in [0.4, 0.5) is 0 Å². The molecule has 0 saturated heterocycles. The molecule has 0 spiro atoms. The number of carbonyl (C=O) groups excluding carboxylic acids is 1. The summed E-state index contributed by atoms with van der Waals surface area (Å²) in [4.78, 5) is 15.9. The minimum Gasteiger partial charge on any atom is -0.488 e. The number of aromatic nitrogens is 1. The van der Waals surface area contributed by atoms with Crippen LogP contribution in [-0.2, 0) is 17.8 Å². The van der Waals surface area contributed by atoms with Crippen LogP contribution in [0.2, 0.25) is 0 Å². The number of H-pyrrole nitrogens is 1. The molecule has 0 saturated carbocycles. The summed E-state index contributed by atoms with van der Waals surface area (Å²) in [5.74, 6) is 0.376. The number of nitrogens with one attached hydrogen (secondary N) is 2. The van der Waals surface area contributed by atoms with Crippen molar-refractivity contribution < 1.29 is 9.53 Å². The van der Waals surface area contributed by atoms with Gasteiger partial charge in [-0.25, -0.2) is 0 Å². The number of ether oxygens (including phenoxy) is 1. The Labute approximate surface area is 228 Å². The number of nitrogens with zero attached hydrogens (tertiary/aromatic N) is 1. The summed E-state index contributed by atoms with van der Waals surface area (Å²) in [7, 11) is 0. The van der Waals surface area contributed by atoms with Crippen molar-refractivity contribution >= 4 is 56.2 Å². The number of carbonyl (C=O) groups is 1. The summed E-state index contributed by atoms with van der Waals surface area (Å²) < 4.78 is 6.96. The van der Waals surface area contributed by atoms with Crippen LogP contribution in [0.15, 0.2) is 96.7 Å². The Morgan fingerprint density at radius 3 is 2.65 bits per heavy atom. The van der Waals surface area contributed by atoms with Gasteiger partial charge in [-0.2, -0.15) is 5.26 Å². The van der Waals surface area contributed by atoms with Crippen LogP contribution < -0.4 is 10.1 Å². The van der Waals surface area contributed by atoms with Gasteiger partial charge in [0.1, 0.15) is 24.0 Å². The highest BCUT2D eigenvalue weighted by Crippen LogP contribution is 2.25. The zero-order valence-corrected chi connectivity index (χ0v) is 22.2. The third kappa shape index (κ3) is 5.84. The maximum absolute atomic E-state index is 12.6. The van der Waals surface area contributed by atoms with E-state index in [2.05, 4.69) is 69.3 Å². The van der Waals surface area contributed by atoms with Crippen LogP contribution in [0, 0.1) is 14.9 Å². The molecule has 2 N–H and O–H groups in total. The number of fused-ring (bicyclic) bond motifs is 2. The Bertz CT molecular complexity index is 1660. The van der Waals surface area contributed by atoms with E-state index < -0.39 is 0 Å². The largest absolute Gasteiger partial charge is 0.488 e. The second kappa shape index (κ2) is 11.3. The smallest absolute Gasteiger partial charge is 0.261 e. The van der Waals surface area contributed by atoms with Gasteiger partial charge in [0, 0.05) is 23.6 Å². The first-order valence-corrected chi connectivity index (χ1v) is 13.0. The molecule has 0 fully saturated rings. The first kappa shape index (κ1) is 24.6. The van der Waals surface area contributed by atoms with Gasteiger partial charge in [0.2, 0.25) is 0 Å². The fourth-order valence-electron chi connectivity index (χ4n) is 4.27. The number of amides is 1. The molecule has 5 nitrogen and oxygen atoms in total. The SMILES string of the molecule is N#C/C(=C/c1ccc(OCc2ccc3ccccc3c2)c(I)c1)C(=O)NCCc1c[nH]c2ccccc12. The van der Waals surface area contributed by atoms with E-state index in [-0.39, 0.29) is 11.5 Å². The minimum absolute atomic E-state index is 0.0690. The highest BCUT2D eigenvalue weighted by Gasteiger charge is 2.11. The lowest BCUT2D eigenvalue weighted by Gasteiger charge is -2.10. The quantitative estimate of drug-likeness (QED) is 0.118. The monoisotopic (exact) mass is 597 g/mol. The molecule has 0 aliphatic carbocycles. The molecular formula is C31H24IN3O2. The molecule has 0 aliphatic heterocycles. The average molecular weight is 597 g/mol. The van der Waals surface area contributed by atoms with Crippen molar-refractivity contribution in [3.05, 3.63) is 117 Å². The second-order valence-corrected chi connectivity index (χ2v) is 9.86. The number of nitriles is 1. The molecule has 6 heteroatoms. The Balaban J connectivity index is 1.20. The molecule has 5 rings (SSSR count). The van der Waals surface area contributed by atoms with Gasteiger partial charge in [-0.1, -0.05) is 60.7 Å². The predicted molar refractivity (Wildman–Crippen MR) is 156 cm³/mol. The van der Waals surface area contributed by atoms with E-state index in [0.717, 1.165) is 36.9 Å². The molecule has 0 unspecified atom stereocenters. The molecule has 0 atom stereocenters. The molecule has 0 radical (unpaired) electrons. The van der Waals surface area contributed by atoms with Gasteiger partial charge < -0.3 is 15.0 Å². The van der Waals surface area contributed by atoms with E-state index in [1.165, 1.54) is 10.8 Å². The number of benzene rings is 4. The third-order valence-electron chi connectivity index (χ3n) is 6.20. The van der Waals surface area contributed by atoms with Gasteiger partial charge in [0.15, 0.2) is 0 Å².